The minimum atomic E-state index is 0.153. The zero-order valence-electron chi connectivity index (χ0n) is 8.00. The Hall–Kier alpha value is -0.730. The average molecular weight is 201 g/mol. The zero-order chi connectivity index (χ0) is 9.90. The van der Waals surface area contributed by atoms with Crippen molar-refractivity contribution in [3.63, 3.8) is 0 Å². The summed E-state index contributed by atoms with van der Waals surface area (Å²) in [5, 5.41) is 0. The van der Waals surface area contributed by atoms with Gasteiger partial charge in [-0.05, 0) is 23.1 Å². The topological polar surface area (TPSA) is 18.5 Å². The van der Waals surface area contributed by atoms with Gasteiger partial charge >= 0.3 is 0 Å². The first kappa shape index (κ1) is 10.4. The molecule has 0 aliphatic carbocycles. The van der Waals surface area contributed by atoms with Crippen LogP contribution in [0, 0.1) is 0 Å². The summed E-state index contributed by atoms with van der Waals surface area (Å²) >= 11 is 4.94. The number of hydrogen-bond acceptors (Lipinski definition) is 2. The smallest absolute Gasteiger partial charge is 0.167 e. The predicted octanol–water partition coefficient (Wildman–Crippen LogP) is 3.45. The molecule has 2 nitrogen and oxygen atoms in total. The van der Waals surface area contributed by atoms with Crippen molar-refractivity contribution < 1.29 is 9.33 Å². The van der Waals surface area contributed by atoms with Crippen molar-refractivity contribution in [2.24, 2.45) is 0 Å². The van der Waals surface area contributed by atoms with Crippen LogP contribution >= 0.6 is 11.9 Å². The van der Waals surface area contributed by atoms with Crippen molar-refractivity contribution in [1.29, 1.82) is 0 Å². The van der Waals surface area contributed by atoms with Gasteiger partial charge in [-0.1, -0.05) is 37.3 Å². The van der Waals surface area contributed by atoms with Crippen LogP contribution in [-0.2, 0) is 9.86 Å². The maximum Gasteiger partial charge on any atom is 0.167 e. The Labute approximate surface area is 83.5 Å². The number of halogens is 1. The molecule has 0 bridgehead atoms. The number of benzene rings is 1. The summed E-state index contributed by atoms with van der Waals surface area (Å²) in [5.74, 6) is 0.600. The monoisotopic (exact) mass is 200 g/mol. The van der Waals surface area contributed by atoms with Crippen LogP contribution in [0.2, 0.25) is 0 Å². The average Bonchev–Trinajstić information content (AvgIpc) is 2.04. The Kier molecular flexibility index (Phi) is 3.17. The molecule has 0 aromatic heterocycles. The van der Waals surface area contributed by atoms with Crippen LogP contribution < -0.4 is 4.89 Å². The van der Waals surface area contributed by atoms with Crippen LogP contribution in [0.5, 0.6) is 5.75 Å². The highest BCUT2D eigenvalue weighted by atomic mass is 35.5. The van der Waals surface area contributed by atoms with Gasteiger partial charge in [0.2, 0.25) is 0 Å². The lowest BCUT2D eigenvalue weighted by Crippen LogP contribution is -2.10. The molecule has 0 atom stereocenters. The Morgan fingerprint density at radius 1 is 1.08 bits per heavy atom. The van der Waals surface area contributed by atoms with Crippen molar-refractivity contribution in [1.82, 2.24) is 0 Å². The summed E-state index contributed by atoms with van der Waals surface area (Å²) in [6.45, 7) is 6.46. The highest BCUT2D eigenvalue weighted by molar-refractivity contribution is 6.06. The largest absolute Gasteiger partial charge is 0.320 e. The molecule has 0 radical (unpaired) electrons. The molecule has 1 rings (SSSR count). The Morgan fingerprint density at radius 2 is 1.62 bits per heavy atom. The molecular formula is C10H13ClO2. The number of rotatable bonds is 2. The maximum atomic E-state index is 4.94. The first-order valence-electron chi connectivity index (χ1n) is 4.10. The summed E-state index contributed by atoms with van der Waals surface area (Å²) in [4.78, 5) is 4.64. The van der Waals surface area contributed by atoms with Gasteiger partial charge in [-0.25, -0.2) is 0 Å². The molecule has 0 N–H and O–H groups in total. The van der Waals surface area contributed by atoms with E-state index >= 15 is 0 Å². The second-order valence-electron chi connectivity index (χ2n) is 3.92. The molecule has 0 saturated heterocycles. The van der Waals surface area contributed by atoms with Crippen LogP contribution in [0.15, 0.2) is 24.3 Å². The quantitative estimate of drug-likeness (QED) is 0.538. The molecule has 72 valence electrons. The van der Waals surface area contributed by atoms with E-state index in [2.05, 4.69) is 30.1 Å². The summed E-state index contributed by atoms with van der Waals surface area (Å²) in [5.41, 5.74) is 1.40. The van der Waals surface area contributed by atoms with Crippen LogP contribution in [-0.4, -0.2) is 0 Å². The molecule has 0 fully saturated rings. The van der Waals surface area contributed by atoms with Gasteiger partial charge in [-0.3, -0.25) is 0 Å². The SMILES string of the molecule is CC(C)(C)c1ccc(OOCl)cc1. The lowest BCUT2D eigenvalue weighted by atomic mass is 9.87. The van der Waals surface area contributed by atoms with Crippen LogP contribution in [0.25, 0.3) is 0 Å². The molecular weight excluding hydrogens is 188 g/mol. The summed E-state index contributed by atoms with van der Waals surface area (Å²) < 4.78 is 4.03. The Balaban J connectivity index is 2.81. The van der Waals surface area contributed by atoms with E-state index in [1.54, 1.807) is 0 Å². The highest BCUT2D eigenvalue weighted by Gasteiger charge is 2.12. The van der Waals surface area contributed by atoms with E-state index in [-0.39, 0.29) is 5.41 Å². The summed E-state index contributed by atoms with van der Waals surface area (Å²) in [7, 11) is 0. The first-order valence-corrected chi connectivity index (χ1v) is 4.41. The van der Waals surface area contributed by atoms with E-state index in [9.17, 15) is 0 Å². The predicted molar refractivity (Wildman–Crippen MR) is 52.7 cm³/mol. The molecule has 0 saturated carbocycles. The fourth-order valence-corrected chi connectivity index (χ4v) is 1.12. The van der Waals surface area contributed by atoms with Gasteiger partial charge in [-0.15, -0.1) is 0 Å². The molecule has 0 unspecified atom stereocenters. The Bertz CT molecular complexity index is 261. The van der Waals surface area contributed by atoms with E-state index in [4.69, 9.17) is 11.9 Å². The van der Waals surface area contributed by atoms with Gasteiger partial charge in [-0.2, -0.15) is 0 Å². The summed E-state index contributed by atoms with van der Waals surface area (Å²) in [6, 6.07) is 7.63. The van der Waals surface area contributed by atoms with Crippen molar-refractivity contribution in [2.75, 3.05) is 0 Å². The summed E-state index contributed by atoms with van der Waals surface area (Å²) in [6.07, 6.45) is 0. The van der Waals surface area contributed by atoms with Crippen LogP contribution in [0.3, 0.4) is 0 Å². The molecule has 0 amide bonds. The van der Waals surface area contributed by atoms with Gasteiger partial charge in [0, 0.05) is 0 Å². The normalized spacial score (nSPS) is 11.4. The van der Waals surface area contributed by atoms with Gasteiger partial charge in [0.15, 0.2) is 5.75 Å². The number of hydrogen-bond donors (Lipinski definition) is 0. The molecule has 1 aromatic carbocycles. The first-order chi connectivity index (χ1) is 6.04. The van der Waals surface area contributed by atoms with E-state index < -0.39 is 0 Å². The second kappa shape index (κ2) is 3.99. The van der Waals surface area contributed by atoms with E-state index in [1.807, 2.05) is 24.3 Å². The Morgan fingerprint density at radius 3 is 2.00 bits per heavy atom. The van der Waals surface area contributed by atoms with Crippen molar-refractivity contribution in [3.05, 3.63) is 29.8 Å². The van der Waals surface area contributed by atoms with E-state index in [0.717, 1.165) is 0 Å². The van der Waals surface area contributed by atoms with Gasteiger partial charge in [0.05, 0.1) is 0 Å². The molecule has 0 spiro atoms. The lowest BCUT2D eigenvalue weighted by molar-refractivity contribution is -0.0918. The molecule has 0 heterocycles. The minimum Gasteiger partial charge on any atom is -0.320 e. The van der Waals surface area contributed by atoms with Crippen LogP contribution in [0.4, 0.5) is 0 Å². The van der Waals surface area contributed by atoms with Crippen LogP contribution in [0.1, 0.15) is 26.3 Å². The second-order valence-corrected chi connectivity index (χ2v) is 4.05. The molecule has 13 heavy (non-hydrogen) atoms. The van der Waals surface area contributed by atoms with Crippen molar-refractivity contribution in [2.45, 2.75) is 26.2 Å². The van der Waals surface area contributed by atoms with E-state index in [0.29, 0.717) is 5.75 Å². The fourth-order valence-electron chi connectivity index (χ4n) is 1.05. The molecule has 3 heteroatoms. The third-order valence-corrected chi connectivity index (χ3v) is 1.91. The third-order valence-electron chi connectivity index (χ3n) is 1.85. The molecule has 0 aliphatic rings. The van der Waals surface area contributed by atoms with Gasteiger partial charge in [0.1, 0.15) is 11.9 Å². The molecule has 1 aromatic rings. The fraction of sp³-hybridized carbons (Fsp3) is 0.400. The van der Waals surface area contributed by atoms with Crippen molar-refractivity contribution >= 4 is 11.9 Å². The van der Waals surface area contributed by atoms with Crippen molar-refractivity contribution in [3.8, 4) is 5.75 Å². The minimum absolute atomic E-state index is 0.153. The van der Waals surface area contributed by atoms with E-state index in [1.165, 1.54) is 5.56 Å². The van der Waals surface area contributed by atoms with Gasteiger partial charge < -0.3 is 4.89 Å². The standard InChI is InChI=1S/C10H13ClO2/c1-10(2,3)8-4-6-9(7-5-8)12-13-11/h4-7H,1-3H3. The van der Waals surface area contributed by atoms with Gasteiger partial charge in [0.25, 0.3) is 0 Å². The molecule has 0 aliphatic heterocycles. The highest BCUT2D eigenvalue weighted by Crippen LogP contribution is 2.24. The third kappa shape index (κ3) is 2.90. The maximum absolute atomic E-state index is 4.94. The zero-order valence-corrected chi connectivity index (χ0v) is 8.76. The lowest BCUT2D eigenvalue weighted by Gasteiger charge is -2.18.